The Hall–Kier alpha value is -3.10. The minimum atomic E-state index is -1.17. The number of fused-ring (bicyclic) bond motifs is 1. The largest absolute Gasteiger partial charge is 0.496 e. The molecule has 3 rings (SSSR count). The van der Waals surface area contributed by atoms with Gasteiger partial charge in [0.2, 0.25) is 5.91 Å². The number of methoxy groups -OCH3 is 1. The summed E-state index contributed by atoms with van der Waals surface area (Å²) in [6.07, 6.45) is -2.27. The third-order valence-corrected chi connectivity index (χ3v) is 5.81. The summed E-state index contributed by atoms with van der Waals surface area (Å²) in [5.74, 6) is -1.60. The van der Waals surface area contributed by atoms with Gasteiger partial charge in [0, 0.05) is 28.4 Å². The van der Waals surface area contributed by atoms with Crippen LogP contribution < -0.4 is 15.0 Å². The first-order valence-corrected chi connectivity index (χ1v) is 11.7. The number of anilines is 1. The summed E-state index contributed by atoms with van der Waals surface area (Å²) in [5.41, 5.74) is 1.71. The molecule has 2 aromatic carbocycles. The second-order valence-electron chi connectivity index (χ2n) is 9.77. The van der Waals surface area contributed by atoms with Crippen molar-refractivity contribution < 1.29 is 29.0 Å². The van der Waals surface area contributed by atoms with Crippen LogP contribution in [0.25, 0.3) is 0 Å². The summed E-state index contributed by atoms with van der Waals surface area (Å²) in [6, 6.07) is 11.4. The zero-order chi connectivity index (χ0) is 25.9. The van der Waals surface area contributed by atoms with Gasteiger partial charge in [0.1, 0.15) is 24.0 Å². The van der Waals surface area contributed by atoms with Crippen molar-refractivity contribution in [2.24, 2.45) is 5.41 Å². The van der Waals surface area contributed by atoms with Crippen LogP contribution in [-0.2, 0) is 19.1 Å². The Morgan fingerprint density at radius 1 is 1.20 bits per heavy atom. The molecular formula is C26H31ClN2O6. The number of aliphatic carboxylic acids is 1. The lowest BCUT2D eigenvalue weighted by molar-refractivity contribution is -0.143. The number of halogens is 1. The van der Waals surface area contributed by atoms with Gasteiger partial charge in [-0.3, -0.25) is 14.4 Å². The highest BCUT2D eigenvalue weighted by Crippen LogP contribution is 2.43. The monoisotopic (exact) mass is 502 g/mol. The predicted octanol–water partition coefficient (Wildman–Crippen LogP) is 4.20. The lowest BCUT2D eigenvalue weighted by atomic mass is 9.94. The van der Waals surface area contributed by atoms with E-state index in [1.54, 1.807) is 36.3 Å². The number of amides is 2. The van der Waals surface area contributed by atoms with Crippen molar-refractivity contribution in [1.29, 1.82) is 0 Å². The van der Waals surface area contributed by atoms with Crippen molar-refractivity contribution >= 4 is 35.1 Å². The zero-order valence-electron chi connectivity index (χ0n) is 20.5. The predicted molar refractivity (Wildman–Crippen MR) is 133 cm³/mol. The molecule has 2 N–H and O–H groups in total. The van der Waals surface area contributed by atoms with Gasteiger partial charge >= 0.3 is 5.97 Å². The van der Waals surface area contributed by atoms with Gasteiger partial charge in [-0.05, 0) is 36.6 Å². The Labute approximate surface area is 210 Å². The van der Waals surface area contributed by atoms with Gasteiger partial charge in [0.15, 0.2) is 0 Å². The molecule has 1 heterocycles. The molecule has 0 saturated carbocycles. The first kappa shape index (κ1) is 26.5. The molecule has 0 saturated heterocycles. The topological polar surface area (TPSA) is 105 Å². The van der Waals surface area contributed by atoms with Gasteiger partial charge in [-0.25, -0.2) is 0 Å². The second kappa shape index (κ2) is 10.7. The Bertz CT molecular complexity index is 1110. The summed E-state index contributed by atoms with van der Waals surface area (Å²) in [6.45, 7) is 7.75. The molecule has 0 fully saturated rings. The average Bonchev–Trinajstić information content (AvgIpc) is 2.88. The molecule has 8 nitrogen and oxygen atoms in total. The van der Waals surface area contributed by atoms with E-state index in [1.807, 2.05) is 39.0 Å². The van der Waals surface area contributed by atoms with Crippen LogP contribution in [-0.4, -0.2) is 48.7 Å². The Balaban J connectivity index is 2.13. The number of carboxylic acids is 1. The summed E-state index contributed by atoms with van der Waals surface area (Å²) < 4.78 is 11.9. The fraction of sp³-hybridized carbons (Fsp3) is 0.423. The van der Waals surface area contributed by atoms with Gasteiger partial charge in [-0.2, -0.15) is 0 Å². The highest BCUT2D eigenvalue weighted by Gasteiger charge is 2.40. The average molecular weight is 503 g/mol. The third kappa shape index (κ3) is 6.32. The summed E-state index contributed by atoms with van der Waals surface area (Å²) in [4.78, 5) is 39.3. The van der Waals surface area contributed by atoms with E-state index >= 15 is 0 Å². The third-order valence-electron chi connectivity index (χ3n) is 5.58. The van der Waals surface area contributed by atoms with Crippen LogP contribution in [0.3, 0.4) is 0 Å². The molecule has 0 spiro atoms. The number of carboxylic acid groups (broad SMARTS) is 1. The Kier molecular flexibility index (Phi) is 8.07. The number of para-hydroxylation sites is 1. The fourth-order valence-corrected chi connectivity index (χ4v) is 4.18. The first-order chi connectivity index (χ1) is 16.4. The lowest BCUT2D eigenvalue weighted by Gasteiger charge is -2.31. The molecule has 35 heavy (non-hydrogen) atoms. The van der Waals surface area contributed by atoms with Gasteiger partial charge in [0.25, 0.3) is 5.91 Å². The van der Waals surface area contributed by atoms with Gasteiger partial charge in [0.05, 0.1) is 13.5 Å². The Morgan fingerprint density at radius 3 is 2.51 bits per heavy atom. The van der Waals surface area contributed by atoms with Crippen molar-refractivity contribution in [3.63, 3.8) is 0 Å². The van der Waals surface area contributed by atoms with Gasteiger partial charge in [-0.1, -0.05) is 50.6 Å². The van der Waals surface area contributed by atoms with Crippen LogP contribution in [0.2, 0.25) is 5.02 Å². The smallest absolute Gasteiger partial charge is 0.325 e. The van der Waals surface area contributed by atoms with E-state index in [0.29, 0.717) is 34.1 Å². The van der Waals surface area contributed by atoms with Crippen LogP contribution in [0.15, 0.2) is 42.5 Å². The lowest BCUT2D eigenvalue weighted by Crippen LogP contribution is -2.46. The molecule has 2 amide bonds. The molecule has 3 atom stereocenters. The van der Waals surface area contributed by atoms with Crippen LogP contribution >= 0.6 is 11.6 Å². The number of nitrogens with one attached hydrogen (secondary N) is 1. The number of carbonyl (C=O) groups is 3. The van der Waals surface area contributed by atoms with E-state index in [9.17, 15) is 14.4 Å². The number of ether oxygens (including phenoxy) is 2. The fourth-order valence-electron chi connectivity index (χ4n) is 4.00. The van der Waals surface area contributed by atoms with E-state index in [2.05, 4.69) is 5.32 Å². The highest BCUT2D eigenvalue weighted by molar-refractivity contribution is 6.30. The van der Waals surface area contributed by atoms with Gasteiger partial charge < -0.3 is 24.8 Å². The number of carbonyl (C=O) groups excluding carboxylic acids is 2. The number of hydrogen-bond acceptors (Lipinski definition) is 5. The van der Waals surface area contributed by atoms with E-state index in [4.69, 9.17) is 26.2 Å². The summed E-state index contributed by atoms with van der Waals surface area (Å²) >= 11 is 6.37. The van der Waals surface area contributed by atoms with E-state index in [0.717, 1.165) is 0 Å². The highest BCUT2D eigenvalue weighted by atomic mass is 35.5. The molecule has 0 aromatic heterocycles. The second-order valence-corrected chi connectivity index (χ2v) is 10.2. The normalized spacial score (nSPS) is 18.9. The van der Waals surface area contributed by atoms with Crippen LogP contribution in [0.5, 0.6) is 5.75 Å². The van der Waals surface area contributed by atoms with E-state index < -0.39 is 30.1 Å². The van der Waals surface area contributed by atoms with Crippen molar-refractivity contribution in [1.82, 2.24) is 5.32 Å². The SMILES string of the molecule is COc1ccccc1[C@@H]1O[C@@H](CC(=O)N[C@@H](C)C(=O)O)C(=O)N(CC(C)(C)C)c2ccc(Cl)cc21. The summed E-state index contributed by atoms with van der Waals surface area (Å²) in [7, 11) is 1.55. The molecule has 0 aliphatic carbocycles. The van der Waals surface area contributed by atoms with Crippen molar-refractivity contribution in [3.05, 3.63) is 58.6 Å². The molecule has 188 valence electrons. The maximum Gasteiger partial charge on any atom is 0.325 e. The van der Waals surface area contributed by atoms with Crippen molar-refractivity contribution in [3.8, 4) is 5.75 Å². The minimum Gasteiger partial charge on any atom is -0.496 e. The van der Waals surface area contributed by atoms with Crippen LogP contribution in [0.4, 0.5) is 5.69 Å². The number of hydrogen-bond donors (Lipinski definition) is 2. The maximum absolute atomic E-state index is 13.8. The molecule has 0 bridgehead atoms. The zero-order valence-corrected chi connectivity index (χ0v) is 21.3. The molecule has 1 aliphatic rings. The Morgan fingerprint density at radius 2 is 1.89 bits per heavy atom. The quantitative estimate of drug-likeness (QED) is 0.588. The summed E-state index contributed by atoms with van der Waals surface area (Å²) in [5, 5.41) is 12.0. The molecule has 2 aromatic rings. The van der Waals surface area contributed by atoms with E-state index in [-0.39, 0.29) is 17.7 Å². The maximum atomic E-state index is 13.8. The first-order valence-electron chi connectivity index (χ1n) is 11.3. The standard InChI is InChI=1S/C26H31ClN2O6/c1-15(25(32)33)28-22(30)13-21-24(31)29(14-26(2,3)4)19-11-10-16(27)12-18(19)23(35-21)17-8-6-7-9-20(17)34-5/h6-12,15,21,23H,13-14H2,1-5H3,(H,28,30)(H,32,33)/t15-,21-,23-/m0/s1. The van der Waals surface area contributed by atoms with Crippen molar-refractivity contribution in [2.45, 2.75) is 52.4 Å². The molecule has 1 aliphatic heterocycles. The molecule has 0 radical (unpaired) electrons. The number of nitrogens with zero attached hydrogens (tertiary/aromatic N) is 1. The minimum absolute atomic E-state index is 0.262. The molecular weight excluding hydrogens is 472 g/mol. The van der Waals surface area contributed by atoms with E-state index in [1.165, 1.54) is 6.92 Å². The van der Waals surface area contributed by atoms with Crippen LogP contribution in [0.1, 0.15) is 51.3 Å². The molecule has 9 heteroatoms. The van der Waals surface area contributed by atoms with Crippen LogP contribution in [0, 0.1) is 5.41 Å². The van der Waals surface area contributed by atoms with Crippen molar-refractivity contribution in [2.75, 3.05) is 18.6 Å². The van der Waals surface area contributed by atoms with Gasteiger partial charge in [-0.15, -0.1) is 0 Å². The number of benzene rings is 2. The molecule has 0 unspecified atom stereocenters. The number of rotatable bonds is 7.